The molecule has 680 valence electrons. The van der Waals surface area contributed by atoms with Crippen LogP contribution in [-0.4, -0.2) is 43.6 Å². The van der Waals surface area contributed by atoms with Gasteiger partial charge in [0.15, 0.2) is 5.82 Å². The Kier molecular flexibility index (Phi) is 19.8. The van der Waals surface area contributed by atoms with Gasteiger partial charge in [0.2, 0.25) is 0 Å². The molecule has 0 saturated carbocycles. The van der Waals surface area contributed by atoms with Crippen molar-refractivity contribution in [3.63, 3.8) is 0 Å². The number of aromatic nitrogens is 9. The van der Waals surface area contributed by atoms with Crippen molar-refractivity contribution in [2.24, 2.45) is 0 Å². The lowest BCUT2D eigenvalue weighted by molar-refractivity contribution is 0.664. The van der Waals surface area contributed by atoms with E-state index in [9.17, 15) is 0 Å². The molecule has 0 radical (unpaired) electrons. The molecular weight excluding hydrogens is 1750 g/mol. The van der Waals surface area contributed by atoms with Crippen LogP contribution in [0.4, 0.5) is 0 Å². The van der Waals surface area contributed by atoms with E-state index in [-0.39, 0.29) is 16.2 Å². The van der Waals surface area contributed by atoms with Crippen molar-refractivity contribution >= 4 is 97.7 Å². The van der Waals surface area contributed by atoms with E-state index in [1.165, 1.54) is 164 Å². The Morgan fingerprint density at radius 2 is 0.465 bits per heavy atom. The molecule has 26 aromatic rings. The molecule has 3 aliphatic carbocycles. The maximum absolute atomic E-state index is 5.13. The van der Waals surface area contributed by atoms with Crippen molar-refractivity contribution in [1.82, 2.24) is 43.6 Å². The molecule has 9 heteroatoms. The monoisotopic (exact) mass is 1840 g/mol. The van der Waals surface area contributed by atoms with Crippen LogP contribution < -0.4 is 0 Å². The summed E-state index contributed by atoms with van der Waals surface area (Å²) in [4.78, 5) is 29.3. The molecule has 0 amide bonds. The summed E-state index contributed by atoms with van der Waals surface area (Å²) in [7, 11) is 0. The SMILES string of the molecule is CC1(C)c2ccccc2-c2c1c1c(c3ccccc23)c2ccccc2n1-c1cc(-c2cccnc2)nc(-c2cccnc2)c1.CC1(C)c2ccccc2-c2c1c1c(c3ccccc23)c2ccccc2n1-c1ccc(-c2cc(-c3ccccc3)nc(-c3ccccc3)c2)cc1.CC1(C)c2ccccc2-c2c1c1c(c3ccccc23)c2ccccc2n1-c1ccc(-c2nc(-c3ccccc3)cc(-c3ccccc3)n2)cc1. The lowest BCUT2D eigenvalue weighted by Crippen LogP contribution is -2.16. The van der Waals surface area contributed by atoms with Gasteiger partial charge in [0.1, 0.15) is 0 Å². The summed E-state index contributed by atoms with van der Waals surface area (Å²) in [5.41, 5.74) is 41.7. The molecule has 0 atom stereocenters. The fourth-order valence-electron chi connectivity index (χ4n) is 24.2. The lowest BCUT2D eigenvalue weighted by Gasteiger charge is -2.24. The van der Waals surface area contributed by atoms with Gasteiger partial charge in [-0.3, -0.25) is 9.97 Å². The Bertz CT molecular complexity index is 9120. The predicted octanol–water partition coefficient (Wildman–Crippen LogP) is 34.4. The summed E-state index contributed by atoms with van der Waals surface area (Å²) in [6.45, 7) is 14.3. The number of hydrogen-bond acceptors (Lipinski definition) is 6. The highest BCUT2D eigenvalue weighted by Crippen LogP contribution is 2.61. The van der Waals surface area contributed by atoms with Crippen molar-refractivity contribution < 1.29 is 0 Å². The highest BCUT2D eigenvalue weighted by molar-refractivity contribution is 6.30. The van der Waals surface area contributed by atoms with Gasteiger partial charge in [0.25, 0.3) is 0 Å². The molecule has 8 aromatic heterocycles. The first-order chi connectivity index (χ1) is 70.8. The zero-order valence-electron chi connectivity index (χ0n) is 80.5. The van der Waals surface area contributed by atoms with Crippen molar-refractivity contribution in [3.05, 3.63) is 501 Å². The van der Waals surface area contributed by atoms with Crippen molar-refractivity contribution in [2.45, 2.75) is 57.8 Å². The van der Waals surface area contributed by atoms with Crippen LogP contribution in [0.2, 0.25) is 0 Å². The number of nitrogens with zero attached hydrogens (tertiary/aromatic N) is 9. The predicted molar refractivity (Wildman–Crippen MR) is 598 cm³/mol. The molecule has 8 heterocycles. The quantitative estimate of drug-likeness (QED) is 0.128. The van der Waals surface area contributed by atoms with Gasteiger partial charge >= 0.3 is 0 Å². The van der Waals surface area contributed by atoms with Gasteiger partial charge in [-0.25, -0.2) is 19.9 Å². The summed E-state index contributed by atoms with van der Waals surface area (Å²) in [5.74, 6) is 0.711. The van der Waals surface area contributed by atoms with E-state index in [1.54, 1.807) is 12.4 Å². The standard InChI is InChI=1S/C48H34N2.C47H33N3.C40H28N4/c1-48(2)40-23-13-11-21-38(40)44-36-19-9-10-20-37(36)45-39-22-12-14-24-43(39)50(47(45)46(44)48)35-27-25-31(26-28-35)34-29-41(32-15-5-3-6-16-32)49-42(30-34)33-17-7-4-8-18-33;1-47(2)38-23-13-11-21-36(38)42-34-19-9-10-20-35(34)43-37-22-12-14-24-41(37)50(45(43)44(42)47)33-27-25-32(26-28-33)46-48-39(30-15-5-3-6-16-30)29-40(49-46)31-17-7-4-8-18-31;1-40(2)32-17-7-5-15-30(32)36-28-13-3-4-14-29(28)37-31-16-6-8-18-35(31)44(39(37)38(36)40)27-21-33(25-11-9-19-41-23-25)43-34(22-27)26-12-10-20-42-24-26/h3-30H,1-2H3;3-29H,1-2H3;3-24H,1-2H3. The highest BCUT2D eigenvalue weighted by atomic mass is 15.0. The Labute approximate surface area is 834 Å². The molecule has 9 nitrogen and oxygen atoms in total. The summed E-state index contributed by atoms with van der Waals surface area (Å²) in [6, 6.07) is 159. The van der Waals surface area contributed by atoms with Gasteiger partial charge in [-0.05, 0) is 219 Å². The first kappa shape index (κ1) is 85.0. The van der Waals surface area contributed by atoms with Crippen LogP contribution in [0.1, 0.15) is 74.9 Å². The van der Waals surface area contributed by atoms with Crippen LogP contribution in [0, 0.1) is 0 Å². The summed E-state index contributed by atoms with van der Waals surface area (Å²) < 4.78 is 7.49. The van der Waals surface area contributed by atoms with E-state index in [0.29, 0.717) is 5.82 Å². The maximum atomic E-state index is 5.13. The second-order valence-electron chi connectivity index (χ2n) is 39.9. The number of hydrogen-bond donors (Lipinski definition) is 0. The van der Waals surface area contributed by atoms with E-state index in [2.05, 4.69) is 484 Å². The zero-order valence-corrected chi connectivity index (χ0v) is 80.5. The molecule has 18 aromatic carbocycles. The molecule has 0 N–H and O–H groups in total. The Balaban J connectivity index is 0.000000108. The van der Waals surface area contributed by atoms with Gasteiger partial charge in [0, 0.05) is 124 Å². The van der Waals surface area contributed by atoms with Crippen LogP contribution in [0.3, 0.4) is 0 Å². The molecule has 0 bridgehead atoms. The van der Waals surface area contributed by atoms with Gasteiger partial charge < -0.3 is 13.7 Å². The normalized spacial score (nSPS) is 13.2. The molecule has 0 aliphatic heterocycles. The van der Waals surface area contributed by atoms with Crippen LogP contribution in [-0.2, 0) is 16.2 Å². The summed E-state index contributed by atoms with van der Waals surface area (Å²) in [5, 5.41) is 15.5. The van der Waals surface area contributed by atoms with Crippen LogP contribution in [0.5, 0.6) is 0 Å². The number of rotatable bonds is 11. The minimum atomic E-state index is -0.203. The van der Waals surface area contributed by atoms with E-state index in [1.807, 2.05) is 36.7 Å². The number of benzene rings is 18. The molecule has 0 unspecified atom stereocenters. The molecule has 144 heavy (non-hydrogen) atoms. The summed E-state index contributed by atoms with van der Waals surface area (Å²) in [6.07, 6.45) is 7.37. The minimum Gasteiger partial charge on any atom is -0.309 e. The van der Waals surface area contributed by atoms with E-state index >= 15 is 0 Å². The summed E-state index contributed by atoms with van der Waals surface area (Å²) >= 11 is 0. The topological polar surface area (TPSA) is 92.1 Å². The van der Waals surface area contributed by atoms with E-state index in [4.69, 9.17) is 19.9 Å². The number of para-hydroxylation sites is 3. The highest BCUT2D eigenvalue weighted by Gasteiger charge is 2.44. The first-order valence-corrected chi connectivity index (χ1v) is 49.7. The lowest BCUT2D eigenvalue weighted by atomic mass is 9.80. The fraction of sp³-hybridized carbons (Fsp3) is 0.0667. The number of fused-ring (bicyclic) bond motifs is 30. The third-order valence-corrected chi connectivity index (χ3v) is 30.6. The molecule has 0 saturated heterocycles. The minimum absolute atomic E-state index is 0.168. The number of pyridine rings is 4. The van der Waals surface area contributed by atoms with Crippen LogP contribution in [0.25, 0.3) is 238 Å². The maximum Gasteiger partial charge on any atom is 0.160 e. The average molecular weight is 1840 g/mol. The molecular formula is C135H95N9. The van der Waals surface area contributed by atoms with Gasteiger partial charge in [-0.1, -0.05) is 375 Å². The van der Waals surface area contributed by atoms with Gasteiger partial charge in [-0.15, -0.1) is 0 Å². The zero-order chi connectivity index (χ0) is 96.2. The van der Waals surface area contributed by atoms with Crippen molar-refractivity contribution in [1.29, 1.82) is 0 Å². The van der Waals surface area contributed by atoms with Crippen molar-refractivity contribution in [2.75, 3.05) is 0 Å². The van der Waals surface area contributed by atoms with Gasteiger partial charge in [-0.2, -0.15) is 0 Å². The van der Waals surface area contributed by atoms with Crippen LogP contribution >= 0.6 is 0 Å². The fourth-order valence-corrected chi connectivity index (χ4v) is 24.2. The average Bonchev–Trinajstić information content (AvgIpc) is 1.53. The second kappa shape index (κ2) is 33.6. The van der Waals surface area contributed by atoms with Gasteiger partial charge in [0.05, 0.1) is 73.0 Å². The molecule has 3 aliphatic rings. The largest absolute Gasteiger partial charge is 0.309 e. The Hall–Kier alpha value is -18.2. The third kappa shape index (κ3) is 13.4. The van der Waals surface area contributed by atoms with E-state index in [0.717, 1.165) is 101 Å². The Morgan fingerprint density at radius 3 is 0.799 bits per heavy atom. The van der Waals surface area contributed by atoms with Crippen LogP contribution in [0.15, 0.2) is 468 Å². The third-order valence-electron chi connectivity index (χ3n) is 30.6. The molecule has 0 fully saturated rings. The first-order valence-electron chi connectivity index (χ1n) is 49.7. The van der Waals surface area contributed by atoms with E-state index < -0.39 is 0 Å². The van der Waals surface area contributed by atoms with Crippen molar-refractivity contribution in [3.8, 4) is 141 Å². The molecule has 29 rings (SSSR count). The molecule has 0 spiro atoms. The Morgan fingerprint density at radius 1 is 0.194 bits per heavy atom. The second-order valence-corrected chi connectivity index (χ2v) is 39.9. The smallest absolute Gasteiger partial charge is 0.160 e.